The van der Waals surface area contributed by atoms with Crippen LogP contribution in [0.3, 0.4) is 0 Å². The lowest BCUT2D eigenvalue weighted by molar-refractivity contribution is 0.102. The number of aryl methyl sites for hydroxylation is 2. The second-order valence-corrected chi connectivity index (χ2v) is 4.40. The number of anilines is 1. The molecule has 0 unspecified atom stereocenters. The fraction of sp³-hybridized carbons (Fsp3) is 0.286. The van der Waals surface area contributed by atoms with Crippen LogP contribution >= 0.6 is 0 Å². The minimum absolute atomic E-state index is 0.176. The van der Waals surface area contributed by atoms with Crippen LogP contribution in [-0.2, 0) is 6.54 Å². The van der Waals surface area contributed by atoms with E-state index in [1.807, 2.05) is 13.8 Å². The highest BCUT2D eigenvalue weighted by molar-refractivity contribution is 6.02. The first-order valence-electron chi connectivity index (χ1n) is 6.21. The molecule has 1 aromatic heterocycles. The Morgan fingerprint density at radius 3 is 2.95 bits per heavy atom. The van der Waals surface area contributed by atoms with Crippen LogP contribution in [0, 0.1) is 12.7 Å². The zero-order chi connectivity index (χ0) is 13.8. The van der Waals surface area contributed by atoms with E-state index in [-0.39, 0.29) is 11.4 Å². The van der Waals surface area contributed by atoms with Gasteiger partial charge in [-0.15, -0.1) is 0 Å². The maximum Gasteiger partial charge on any atom is 0.276 e. The zero-order valence-corrected chi connectivity index (χ0v) is 11.0. The van der Waals surface area contributed by atoms with Crippen molar-refractivity contribution >= 4 is 11.6 Å². The summed E-state index contributed by atoms with van der Waals surface area (Å²) in [5.74, 6) is -0.855. The second-order valence-electron chi connectivity index (χ2n) is 4.40. The quantitative estimate of drug-likeness (QED) is 0.919. The highest BCUT2D eigenvalue weighted by Crippen LogP contribution is 2.16. The monoisotopic (exact) mass is 261 g/mol. The number of carbonyl (C=O) groups is 1. The van der Waals surface area contributed by atoms with E-state index in [2.05, 4.69) is 10.4 Å². The summed E-state index contributed by atoms with van der Waals surface area (Å²) in [6, 6.07) is 6.20. The third kappa shape index (κ3) is 3.19. The van der Waals surface area contributed by atoms with Gasteiger partial charge in [-0.05, 0) is 37.1 Å². The second kappa shape index (κ2) is 5.65. The molecular formula is C14H16FN3O. The number of benzene rings is 1. The number of nitrogens with zero attached hydrogens (tertiary/aromatic N) is 2. The molecule has 0 saturated heterocycles. The van der Waals surface area contributed by atoms with Crippen molar-refractivity contribution in [2.45, 2.75) is 26.8 Å². The van der Waals surface area contributed by atoms with Crippen molar-refractivity contribution in [3.8, 4) is 0 Å². The summed E-state index contributed by atoms with van der Waals surface area (Å²) in [5, 5.41) is 6.66. The van der Waals surface area contributed by atoms with Crippen LogP contribution in [0.1, 0.15) is 29.4 Å². The Kier molecular flexibility index (Phi) is 3.94. The highest BCUT2D eigenvalue weighted by atomic mass is 19.1. The lowest BCUT2D eigenvalue weighted by Gasteiger charge is -2.05. The smallest absolute Gasteiger partial charge is 0.276 e. The summed E-state index contributed by atoms with van der Waals surface area (Å²) < 4.78 is 15.2. The predicted octanol–water partition coefficient (Wildman–Crippen LogP) is 2.99. The first-order valence-corrected chi connectivity index (χ1v) is 6.21. The van der Waals surface area contributed by atoms with Crippen LogP contribution in [0.25, 0.3) is 0 Å². The molecule has 0 radical (unpaired) electrons. The summed E-state index contributed by atoms with van der Waals surface area (Å²) in [4.78, 5) is 11.9. The molecule has 2 rings (SSSR count). The average molecular weight is 261 g/mol. The van der Waals surface area contributed by atoms with Crippen LogP contribution in [0.4, 0.5) is 10.1 Å². The molecule has 1 heterocycles. The minimum atomic E-state index is -0.452. The zero-order valence-electron chi connectivity index (χ0n) is 11.0. The predicted molar refractivity (Wildman–Crippen MR) is 71.6 cm³/mol. The van der Waals surface area contributed by atoms with Crippen LogP contribution in [0.5, 0.6) is 0 Å². The fourth-order valence-electron chi connectivity index (χ4n) is 1.76. The van der Waals surface area contributed by atoms with Gasteiger partial charge in [-0.1, -0.05) is 13.0 Å². The molecule has 1 aromatic carbocycles. The fourth-order valence-corrected chi connectivity index (χ4v) is 1.76. The van der Waals surface area contributed by atoms with Gasteiger partial charge in [-0.25, -0.2) is 4.39 Å². The van der Waals surface area contributed by atoms with Crippen molar-refractivity contribution in [2.75, 3.05) is 5.32 Å². The Balaban J connectivity index is 2.13. The molecule has 0 aliphatic heterocycles. The van der Waals surface area contributed by atoms with Crippen LogP contribution in [-0.4, -0.2) is 15.7 Å². The first kappa shape index (κ1) is 13.3. The third-order valence-corrected chi connectivity index (χ3v) is 2.70. The van der Waals surface area contributed by atoms with E-state index < -0.39 is 11.7 Å². The molecule has 100 valence electrons. The molecule has 0 spiro atoms. The Hall–Kier alpha value is -2.17. The largest absolute Gasteiger partial charge is 0.318 e. The maximum atomic E-state index is 13.5. The molecule has 4 nitrogen and oxygen atoms in total. The SMILES string of the molecule is CCCn1ccc(C(=O)Nc2cc(C)ccc2F)n1. The van der Waals surface area contributed by atoms with E-state index in [9.17, 15) is 9.18 Å². The summed E-state index contributed by atoms with van der Waals surface area (Å²) in [5.41, 5.74) is 1.35. The van der Waals surface area contributed by atoms with Crippen molar-refractivity contribution in [1.29, 1.82) is 0 Å². The Bertz CT molecular complexity index is 592. The lowest BCUT2D eigenvalue weighted by Crippen LogP contribution is -2.14. The van der Waals surface area contributed by atoms with Crippen LogP contribution in [0.2, 0.25) is 0 Å². The highest BCUT2D eigenvalue weighted by Gasteiger charge is 2.12. The maximum absolute atomic E-state index is 13.5. The van der Waals surface area contributed by atoms with Gasteiger partial charge < -0.3 is 5.32 Å². The van der Waals surface area contributed by atoms with Crippen molar-refractivity contribution in [3.63, 3.8) is 0 Å². The summed E-state index contributed by atoms with van der Waals surface area (Å²) >= 11 is 0. The molecule has 0 bridgehead atoms. The summed E-state index contributed by atoms with van der Waals surface area (Å²) in [6.45, 7) is 4.63. The number of halogens is 1. The van der Waals surface area contributed by atoms with Crippen LogP contribution in [0.15, 0.2) is 30.5 Å². The molecule has 0 aliphatic rings. The third-order valence-electron chi connectivity index (χ3n) is 2.70. The van der Waals surface area contributed by atoms with E-state index in [1.54, 1.807) is 29.1 Å². The van der Waals surface area contributed by atoms with Gasteiger partial charge >= 0.3 is 0 Å². The van der Waals surface area contributed by atoms with Gasteiger partial charge in [0.25, 0.3) is 5.91 Å². The number of rotatable bonds is 4. The van der Waals surface area contributed by atoms with Gasteiger partial charge in [-0.2, -0.15) is 5.10 Å². The molecule has 19 heavy (non-hydrogen) atoms. The van der Waals surface area contributed by atoms with Crippen molar-refractivity contribution in [2.24, 2.45) is 0 Å². The van der Waals surface area contributed by atoms with Crippen molar-refractivity contribution in [1.82, 2.24) is 9.78 Å². The van der Waals surface area contributed by atoms with Crippen molar-refractivity contribution in [3.05, 3.63) is 47.5 Å². The molecule has 5 heteroatoms. The molecule has 2 aromatic rings. The average Bonchev–Trinajstić information content (AvgIpc) is 2.83. The lowest BCUT2D eigenvalue weighted by atomic mass is 10.2. The van der Waals surface area contributed by atoms with E-state index in [1.165, 1.54) is 6.07 Å². The summed E-state index contributed by atoms with van der Waals surface area (Å²) in [7, 11) is 0. The number of carbonyl (C=O) groups excluding carboxylic acids is 1. The molecule has 1 N–H and O–H groups in total. The van der Waals surface area contributed by atoms with Crippen molar-refractivity contribution < 1.29 is 9.18 Å². The van der Waals surface area contributed by atoms with Gasteiger partial charge in [0.2, 0.25) is 0 Å². The van der Waals surface area contributed by atoms with Gasteiger partial charge in [-0.3, -0.25) is 9.48 Å². The molecular weight excluding hydrogens is 245 g/mol. The molecule has 1 amide bonds. The van der Waals surface area contributed by atoms with Gasteiger partial charge in [0.15, 0.2) is 5.69 Å². The topological polar surface area (TPSA) is 46.9 Å². The van der Waals surface area contributed by atoms with Gasteiger partial charge in [0.1, 0.15) is 5.82 Å². The number of hydrogen-bond acceptors (Lipinski definition) is 2. The summed E-state index contributed by atoms with van der Waals surface area (Å²) in [6.07, 6.45) is 2.68. The normalized spacial score (nSPS) is 10.5. The minimum Gasteiger partial charge on any atom is -0.318 e. The van der Waals surface area contributed by atoms with E-state index in [0.717, 1.165) is 18.5 Å². The number of hydrogen-bond donors (Lipinski definition) is 1. The molecule has 0 fully saturated rings. The standard InChI is InChI=1S/C14H16FN3O/c1-3-7-18-8-6-12(17-18)14(19)16-13-9-10(2)4-5-11(13)15/h4-6,8-9H,3,7H2,1-2H3,(H,16,19). The molecule has 0 atom stereocenters. The number of aromatic nitrogens is 2. The Labute approximate surface area is 111 Å². The van der Waals surface area contributed by atoms with Gasteiger partial charge in [0, 0.05) is 12.7 Å². The van der Waals surface area contributed by atoms with Gasteiger partial charge in [0.05, 0.1) is 5.69 Å². The van der Waals surface area contributed by atoms with E-state index in [4.69, 9.17) is 0 Å². The molecule has 0 saturated carbocycles. The Morgan fingerprint density at radius 1 is 1.42 bits per heavy atom. The number of nitrogens with one attached hydrogen (secondary N) is 1. The van der Waals surface area contributed by atoms with E-state index >= 15 is 0 Å². The first-order chi connectivity index (χ1) is 9.10. The van der Waals surface area contributed by atoms with Crippen LogP contribution < -0.4 is 5.32 Å². The number of amides is 1. The Morgan fingerprint density at radius 2 is 2.21 bits per heavy atom. The van der Waals surface area contributed by atoms with E-state index in [0.29, 0.717) is 0 Å². The molecule has 0 aliphatic carbocycles.